The second kappa shape index (κ2) is 15.3. The number of rotatable bonds is 19. The molecule has 0 spiro atoms. The molecule has 0 aliphatic rings. The third kappa shape index (κ3) is 22.5. The van der Waals surface area contributed by atoms with E-state index in [1.807, 2.05) is 0 Å². The first-order valence-corrected chi connectivity index (χ1v) is 32.5. The number of unbranched alkanes of at least 4 members (excludes halogenated alkanes) is 1. The molecule has 0 aromatic carbocycles. The van der Waals surface area contributed by atoms with Crippen molar-refractivity contribution in [2.45, 2.75) is 129 Å². The fraction of sp³-hybridized carbons (Fsp3) is 0.917. The van der Waals surface area contributed by atoms with Gasteiger partial charge in [-0.15, -0.1) is 0 Å². The Balaban J connectivity index is 4.36. The highest BCUT2D eigenvalue weighted by Crippen LogP contribution is 2.26. The summed E-state index contributed by atoms with van der Waals surface area (Å²) in [5, 5.41) is 0. The van der Waals surface area contributed by atoms with Crippen LogP contribution in [0.15, 0.2) is 9.98 Å². The summed E-state index contributed by atoms with van der Waals surface area (Å²) in [6, 6.07) is 1.97. The van der Waals surface area contributed by atoms with Crippen molar-refractivity contribution < 1.29 is 16.5 Å². The average Bonchev–Trinajstić information content (AvgIpc) is 2.55. The standard InChI is InChI=1S/C24H60N2O4Si6/c1-31(2,3)27-35(13,28-32(4,5)6)23-17-21-25-19-15-16-20-26-22-18-24-36(14,29-33(7,8)9)30-34(10,11)12/h21-22H,15-20,23-24H2,1-14H3. The summed E-state index contributed by atoms with van der Waals surface area (Å²) in [6.45, 7) is 33.3. The summed E-state index contributed by atoms with van der Waals surface area (Å²) in [4.78, 5) is 9.28. The van der Waals surface area contributed by atoms with E-state index >= 15 is 0 Å². The van der Waals surface area contributed by atoms with E-state index in [9.17, 15) is 0 Å². The van der Waals surface area contributed by atoms with E-state index in [4.69, 9.17) is 16.5 Å². The van der Waals surface area contributed by atoms with Crippen LogP contribution in [0.3, 0.4) is 0 Å². The van der Waals surface area contributed by atoms with Crippen LogP contribution in [0.2, 0.25) is 104 Å². The van der Waals surface area contributed by atoms with Crippen molar-refractivity contribution in [3.63, 3.8) is 0 Å². The molecule has 0 bridgehead atoms. The number of hydrogen-bond donors (Lipinski definition) is 0. The molecule has 0 aliphatic heterocycles. The minimum atomic E-state index is -2.15. The Morgan fingerprint density at radius 3 is 0.917 bits per heavy atom. The molecule has 0 N–H and O–H groups in total. The lowest BCUT2D eigenvalue weighted by Gasteiger charge is -2.38. The maximum Gasteiger partial charge on any atom is 0.314 e. The lowest BCUT2D eigenvalue weighted by atomic mass is 10.3. The molecule has 214 valence electrons. The van der Waals surface area contributed by atoms with Gasteiger partial charge in [-0.3, -0.25) is 9.98 Å². The average molecular weight is 609 g/mol. The van der Waals surface area contributed by atoms with Crippen LogP contribution in [0.5, 0.6) is 0 Å². The van der Waals surface area contributed by atoms with Gasteiger partial charge in [-0.2, -0.15) is 0 Å². The van der Waals surface area contributed by atoms with Crippen molar-refractivity contribution in [2.75, 3.05) is 13.1 Å². The Bertz CT molecular complexity index is 590. The summed E-state index contributed by atoms with van der Waals surface area (Å²) in [5.74, 6) is 0. The van der Waals surface area contributed by atoms with Crippen LogP contribution >= 0.6 is 0 Å². The van der Waals surface area contributed by atoms with Crippen molar-refractivity contribution in [1.29, 1.82) is 0 Å². The molecule has 0 saturated carbocycles. The van der Waals surface area contributed by atoms with E-state index in [0.717, 1.165) is 50.9 Å². The minimum Gasteiger partial charge on any atom is -0.437 e. The van der Waals surface area contributed by atoms with E-state index in [2.05, 4.69) is 114 Å². The van der Waals surface area contributed by atoms with Crippen LogP contribution in [0, 0.1) is 0 Å². The van der Waals surface area contributed by atoms with Gasteiger partial charge < -0.3 is 16.5 Å². The van der Waals surface area contributed by atoms with Crippen molar-refractivity contribution >= 4 is 62.8 Å². The summed E-state index contributed by atoms with van der Waals surface area (Å²) in [6.07, 6.45) is 8.19. The van der Waals surface area contributed by atoms with Crippen LogP contribution in [0.25, 0.3) is 0 Å². The van der Waals surface area contributed by atoms with Gasteiger partial charge in [0.25, 0.3) is 0 Å². The van der Waals surface area contributed by atoms with E-state index < -0.39 is 50.4 Å². The van der Waals surface area contributed by atoms with E-state index in [-0.39, 0.29) is 0 Å². The highest BCUT2D eigenvalue weighted by atomic mass is 28.5. The Morgan fingerprint density at radius 2 is 0.694 bits per heavy atom. The molecule has 0 radical (unpaired) electrons. The summed E-state index contributed by atoms with van der Waals surface area (Å²) >= 11 is 0. The molecule has 0 unspecified atom stereocenters. The molecule has 0 aliphatic carbocycles. The van der Waals surface area contributed by atoms with Crippen LogP contribution in [0.4, 0.5) is 0 Å². The molecule has 12 heteroatoms. The van der Waals surface area contributed by atoms with Crippen LogP contribution in [-0.2, 0) is 16.5 Å². The van der Waals surface area contributed by atoms with Gasteiger partial charge in [-0.05, 0) is 142 Å². The monoisotopic (exact) mass is 608 g/mol. The van der Waals surface area contributed by atoms with Crippen LogP contribution in [0.1, 0.15) is 25.7 Å². The molecule has 0 atom stereocenters. The van der Waals surface area contributed by atoms with Crippen molar-refractivity contribution in [2.24, 2.45) is 9.98 Å². The molecule has 0 fully saturated rings. The lowest BCUT2D eigenvalue weighted by molar-refractivity contribution is 0.383. The third-order valence-corrected chi connectivity index (χ3v) is 23.7. The Hall–Kier alpha value is 0.481. The van der Waals surface area contributed by atoms with E-state index in [1.54, 1.807) is 0 Å². The highest BCUT2D eigenvalue weighted by Gasteiger charge is 2.40. The number of hydrogen-bond acceptors (Lipinski definition) is 6. The predicted molar refractivity (Wildman–Crippen MR) is 176 cm³/mol. The zero-order valence-corrected chi connectivity index (χ0v) is 32.3. The zero-order valence-electron chi connectivity index (χ0n) is 26.3. The molecule has 0 saturated heterocycles. The number of aliphatic imine (C=N–C) groups is 2. The Labute approximate surface area is 231 Å². The molecule has 0 aromatic rings. The molecule has 0 rings (SSSR count). The first-order chi connectivity index (χ1) is 16.0. The first-order valence-electron chi connectivity index (χ1n) is 13.8. The van der Waals surface area contributed by atoms with Gasteiger partial charge in [0, 0.05) is 13.1 Å². The van der Waals surface area contributed by atoms with Gasteiger partial charge >= 0.3 is 17.1 Å². The first kappa shape index (κ1) is 36.5. The highest BCUT2D eigenvalue weighted by molar-refractivity contribution is 6.88. The normalized spacial score (nSPS) is 14.9. The Morgan fingerprint density at radius 1 is 0.444 bits per heavy atom. The van der Waals surface area contributed by atoms with E-state index in [1.165, 1.54) is 0 Å². The fourth-order valence-electron chi connectivity index (χ4n) is 4.26. The minimum absolute atomic E-state index is 0.872. The molecule has 0 aromatic heterocycles. The van der Waals surface area contributed by atoms with Gasteiger partial charge in [0.05, 0.1) is 0 Å². The molecule has 36 heavy (non-hydrogen) atoms. The van der Waals surface area contributed by atoms with Gasteiger partial charge in [0.2, 0.25) is 0 Å². The summed E-state index contributed by atoms with van der Waals surface area (Å²) < 4.78 is 26.3. The van der Waals surface area contributed by atoms with Crippen molar-refractivity contribution in [3.8, 4) is 0 Å². The lowest BCUT2D eigenvalue weighted by Crippen LogP contribution is -2.52. The summed E-state index contributed by atoms with van der Waals surface area (Å²) in [5.41, 5.74) is 0. The van der Waals surface area contributed by atoms with Gasteiger partial charge in [0.15, 0.2) is 33.3 Å². The van der Waals surface area contributed by atoms with E-state index in [0.29, 0.717) is 0 Å². The quantitative estimate of drug-likeness (QED) is 0.0841. The SMILES string of the molecule is C[Si](C)(C)O[Si](C)(CCC=NCCCCN=CCC[Si](C)(O[Si](C)(C)C)O[Si](C)(C)C)O[Si](C)(C)C. The van der Waals surface area contributed by atoms with Crippen molar-refractivity contribution in [1.82, 2.24) is 0 Å². The van der Waals surface area contributed by atoms with Crippen molar-refractivity contribution in [3.05, 3.63) is 0 Å². The third-order valence-electron chi connectivity index (χ3n) is 4.63. The smallest absolute Gasteiger partial charge is 0.314 e. The largest absolute Gasteiger partial charge is 0.437 e. The maximum atomic E-state index is 6.56. The second-order valence-electron chi connectivity index (χ2n) is 14.1. The van der Waals surface area contributed by atoms with Gasteiger partial charge in [-0.25, -0.2) is 0 Å². The Kier molecular flexibility index (Phi) is 15.5. The van der Waals surface area contributed by atoms with Gasteiger partial charge in [0.1, 0.15) is 0 Å². The fourth-order valence-corrected chi connectivity index (χ4v) is 29.0. The molecule has 0 heterocycles. The topological polar surface area (TPSA) is 61.6 Å². The maximum absolute atomic E-state index is 6.56. The molecule has 0 amide bonds. The van der Waals surface area contributed by atoms with Crippen LogP contribution in [-0.4, -0.2) is 75.9 Å². The molecule has 6 nitrogen and oxygen atoms in total. The predicted octanol–water partition coefficient (Wildman–Crippen LogP) is 8.24. The second-order valence-corrected chi connectivity index (χ2v) is 39.8. The molecular weight excluding hydrogens is 549 g/mol. The van der Waals surface area contributed by atoms with Crippen LogP contribution < -0.4 is 0 Å². The zero-order chi connectivity index (χ0) is 28.3. The number of nitrogens with zero attached hydrogens (tertiary/aromatic N) is 2. The molecular formula is C24H60N2O4Si6. The van der Waals surface area contributed by atoms with Gasteiger partial charge in [-0.1, -0.05) is 0 Å². The summed E-state index contributed by atoms with van der Waals surface area (Å²) in [7, 11) is -10.8.